The smallest absolute Gasteiger partial charge is 0.333 e. The minimum Gasteiger partial charge on any atom is -0.494 e. The van der Waals surface area contributed by atoms with Crippen molar-refractivity contribution in [3.05, 3.63) is 36.6 Å². The molecule has 0 fully saturated rings. The Morgan fingerprint density at radius 2 is 1.17 bits per heavy atom. The summed E-state index contributed by atoms with van der Waals surface area (Å²) in [5.41, 5.74) is 1.09. The zero-order chi connectivity index (χ0) is 22.9. The molecule has 0 aliphatic rings. The summed E-state index contributed by atoms with van der Waals surface area (Å²) in [5, 5.41) is 0. The first-order valence-corrected chi connectivity index (χ1v) is 10.2. The maximum atomic E-state index is 11.7. The number of allylic oxidation sites excluding steroid dienone is 1. The number of esters is 3. The lowest BCUT2D eigenvalue weighted by Crippen LogP contribution is -2.13. The lowest BCUT2D eigenvalue weighted by atomic mass is 10.1. The summed E-state index contributed by atoms with van der Waals surface area (Å²) < 4.78 is 20.6. The first-order chi connectivity index (χ1) is 14.1. The first kappa shape index (κ1) is 27.4. The van der Waals surface area contributed by atoms with Gasteiger partial charge in [-0.2, -0.15) is 0 Å². The lowest BCUT2D eigenvalue weighted by molar-refractivity contribution is -0.146. The molecule has 0 heterocycles. The quantitative estimate of drug-likeness (QED) is 0.0860. The molecule has 7 heteroatoms. The van der Waals surface area contributed by atoms with Crippen LogP contribution in [0.3, 0.4) is 0 Å². The fraction of sp³-hybridized carbons (Fsp3) is 0.609. The third-order valence-electron chi connectivity index (χ3n) is 4.13. The Bertz CT molecular complexity index is 555. The van der Waals surface area contributed by atoms with E-state index in [1.807, 2.05) is 13.8 Å². The summed E-state index contributed by atoms with van der Waals surface area (Å²) in [6.45, 7) is 17.5. The van der Waals surface area contributed by atoms with Crippen molar-refractivity contribution in [2.24, 2.45) is 5.92 Å². The number of carbonyl (C=O) groups excluding carboxylic acids is 3. The van der Waals surface area contributed by atoms with Crippen molar-refractivity contribution in [1.82, 2.24) is 0 Å². The van der Waals surface area contributed by atoms with E-state index in [4.69, 9.17) is 18.9 Å². The molecule has 0 aromatic carbocycles. The van der Waals surface area contributed by atoms with Crippen LogP contribution in [0.15, 0.2) is 36.6 Å². The van der Waals surface area contributed by atoms with Gasteiger partial charge in [0.1, 0.15) is 5.76 Å². The topological polar surface area (TPSA) is 88.1 Å². The maximum Gasteiger partial charge on any atom is 0.333 e. The molecule has 0 radical (unpaired) electrons. The molecular formula is C23H36O7. The number of rotatable bonds is 17. The zero-order valence-electron chi connectivity index (χ0n) is 18.6. The second-order valence-corrected chi connectivity index (χ2v) is 7.30. The van der Waals surface area contributed by atoms with Crippen LogP contribution in [0.5, 0.6) is 0 Å². The van der Waals surface area contributed by atoms with Crippen LogP contribution < -0.4 is 0 Å². The minimum absolute atomic E-state index is 0.164. The highest BCUT2D eigenvalue weighted by atomic mass is 16.5. The van der Waals surface area contributed by atoms with Gasteiger partial charge in [0, 0.05) is 18.4 Å². The summed E-state index contributed by atoms with van der Waals surface area (Å²) in [5.74, 6) is -0.254. The van der Waals surface area contributed by atoms with E-state index in [0.29, 0.717) is 56.8 Å². The van der Waals surface area contributed by atoms with Crippen molar-refractivity contribution in [3.63, 3.8) is 0 Å². The molecule has 0 N–H and O–H groups in total. The molecule has 0 saturated carbocycles. The third-order valence-corrected chi connectivity index (χ3v) is 4.13. The van der Waals surface area contributed by atoms with E-state index in [0.717, 1.165) is 5.57 Å². The van der Waals surface area contributed by atoms with Crippen LogP contribution >= 0.6 is 0 Å². The number of ether oxygens (including phenoxy) is 4. The number of carbonyl (C=O) groups is 3. The molecule has 7 nitrogen and oxygen atoms in total. The van der Waals surface area contributed by atoms with E-state index in [1.54, 1.807) is 6.92 Å². The predicted molar refractivity (Wildman–Crippen MR) is 114 cm³/mol. The summed E-state index contributed by atoms with van der Waals surface area (Å²) >= 11 is 0. The van der Waals surface area contributed by atoms with E-state index >= 15 is 0 Å². The van der Waals surface area contributed by atoms with E-state index in [1.165, 1.54) is 0 Å². The lowest BCUT2D eigenvalue weighted by Gasteiger charge is -2.12. The van der Waals surface area contributed by atoms with Crippen molar-refractivity contribution in [2.45, 2.75) is 59.3 Å². The van der Waals surface area contributed by atoms with Gasteiger partial charge in [-0.25, -0.2) is 4.79 Å². The van der Waals surface area contributed by atoms with Crippen LogP contribution in [0.2, 0.25) is 0 Å². The molecule has 0 bridgehead atoms. The van der Waals surface area contributed by atoms with Crippen LogP contribution in [0.1, 0.15) is 59.3 Å². The van der Waals surface area contributed by atoms with Crippen LogP contribution in [0.25, 0.3) is 0 Å². The van der Waals surface area contributed by atoms with Crippen molar-refractivity contribution in [1.29, 1.82) is 0 Å². The van der Waals surface area contributed by atoms with Crippen molar-refractivity contribution < 1.29 is 33.3 Å². The molecule has 1 unspecified atom stereocenters. The van der Waals surface area contributed by atoms with Crippen molar-refractivity contribution >= 4 is 17.9 Å². The second kappa shape index (κ2) is 16.3. The molecule has 170 valence electrons. The van der Waals surface area contributed by atoms with Crippen LogP contribution in [0.4, 0.5) is 0 Å². The van der Waals surface area contributed by atoms with Gasteiger partial charge >= 0.3 is 17.9 Å². The molecule has 1 atom stereocenters. The number of hydrogen-bond acceptors (Lipinski definition) is 7. The second-order valence-electron chi connectivity index (χ2n) is 7.30. The highest BCUT2D eigenvalue weighted by molar-refractivity contribution is 5.86. The van der Waals surface area contributed by atoms with Gasteiger partial charge in [0.05, 0.1) is 26.4 Å². The molecule has 0 spiro atoms. The van der Waals surface area contributed by atoms with E-state index in [-0.39, 0.29) is 37.3 Å². The minimum atomic E-state index is -0.458. The SMILES string of the molecule is C=C(C)C(=C)OCCCC(=O)OCCC(C)CCOC(=O)CCCOC(=O)C(=C)C. The Kier molecular flexibility index (Phi) is 14.9. The van der Waals surface area contributed by atoms with Gasteiger partial charge < -0.3 is 18.9 Å². The van der Waals surface area contributed by atoms with Gasteiger partial charge in [-0.1, -0.05) is 26.7 Å². The molecule has 0 aromatic rings. The average Bonchev–Trinajstić information content (AvgIpc) is 2.67. The Labute approximate surface area is 180 Å². The molecule has 30 heavy (non-hydrogen) atoms. The summed E-state index contributed by atoms with van der Waals surface area (Å²) in [6, 6.07) is 0. The van der Waals surface area contributed by atoms with Crippen molar-refractivity contribution in [2.75, 3.05) is 26.4 Å². The van der Waals surface area contributed by atoms with Gasteiger partial charge in [0.2, 0.25) is 0 Å². The fourth-order valence-electron chi connectivity index (χ4n) is 2.08. The largest absolute Gasteiger partial charge is 0.494 e. The molecule has 0 aliphatic heterocycles. The monoisotopic (exact) mass is 424 g/mol. The van der Waals surface area contributed by atoms with Gasteiger partial charge in [-0.3, -0.25) is 9.59 Å². The van der Waals surface area contributed by atoms with Gasteiger partial charge in [0.15, 0.2) is 0 Å². The normalized spacial score (nSPS) is 11.2. The summed E-state index contributed by atoms with van der Waals surface area (Å²) in [4.78, 5) is 34.5. The molecule has 0 aromatic heterocycles. The Morgan fingerprint density at radius 3 is 1.60 bits per heavy atom. The van der Waals surface area contributed by atoms with Crippen LogP contribution in [0, 0.1) is 5.92 Å². The average molecular weight is 425 g/mol. The number of hydrogen-bond donors (Lipinski definition) is 0. The van der Waals surface area contributed by atoms with Crippen molar-refractivity contribution in [3.8, 4) is 0 Å². The predicted octanol–water partition coefficient (Wildman–Crippen LogP) is 4.28. The van der Waals surface area contributed by atoms with Gasteiger partial charge in [-0.05, 0) is 51.0 Å². The highest BCUT2D eigenvalue weighted by Gasteiger charge is 2.09. The Hall–Kier alpha value is -2.57. The molecule has 0 rings (SSSR count). The molecule has 0 saturated heterocycles. The standard InChI is InChI=1S/C23H36O7/c1-17(2)20(6)27-13-7-9-21(24)28-15-11-19(5)12-16-29-22(25)10-8-14-30-23(26)18(3)4/h19H,1,3,6-16H2,2,4-5H3. The zero-order valence-corrected chi connectivity index (χ0v) is 18.6. The third kappa shape index (κ3) is 15.4. The Morgan fingerprint density at radius 1 is 0.700 bits per heavy atom. The van der Waals surface area contributed by atoms with E-state index in [9.17, 15) is 14.4 Å². The van der Waals surface area contributed by atoms with Crippen LogP contribution in [-0.2, 0) is 33.3 Å². The van der Waals surface area contributed by atoms with E-state index in [2.05, 4.69) is 19.7 Å². The van der Waals surface area contributed by atoms with Crippen LogP contribution in [-0.4, -0.2) is 44.3 Å². The summed E-state index contributed by atoms with van der Waals surface area (Å²) in [7, 11) is 0. The fourth-order valence-corrected chi connectivity index (χ4v) is 2.08. The van der Waals surface area contributed by atoms with E-state index < -0.39 is 5.97 Å². The highest BCUT2D eigenvalue weighted by Crippen LogP contribution is 2.10. The molecule has 0 aliphatic carbocycles. The molecule has 0 amide bonds. The summed E-state index contributed by atoms with van der Waals surface area (Å²) in [6.07, 6.45) is 2.84. The first-order valence-electron chi connectivity index (χ1n) is 10.2. The van der Waals surface area contributed by atoms with Gasteiger partial charge in [0.25, 0.3) is 0 Å². The Balaban J connectivity index is 3.65. The maximum absolute atomic E-state index is 11.7. The molecular weight excluding hydrogens is 388 g/mol. The van der Waals surface area contributed by atoms with Gasteiger partial charge in [-0.15, -0.1) is 0 Å².